The molecular weight excluding hydrogens is 390 g/mol. The van der Waals surface area contributed by atoms with Crippen molar-refractivity contribution >= 4 is 15.9 Å². The van der Waals surface area contributed by atoms with Crippen LogP contribution in [0.3, 0.4) is 0 Å². The average Bonchev–Trinajstić information content (AvgIpc) is 2.77. The number of methoxy groups -OCH3 is 1. The Hall–Kier alpha value is -2.42. The van der Waals surface area contributed by atoms with Crippen molar-refractivity contribution in [2.45, 2.75) is 11.3 Å². The molecule has 156 valence electrons. The molecule has 1 N–H and O–H groups in total. The highest BCUT2D eigenvalue weighted by Gasteiger charge is 2.25. The van der Waals surface area contributed by atoms with Crippen LogP contribution in [-0.4, -0.2) is 71.0 Å². The second kappa shape index (κ2) is 9.39. The van der Waals surface area contributed by atoms with Crippen LogP contribution in [0.15, 0.2) is 53.4 Å². The second-order valence-electron chi connectivity index (χ2n) is 6.94. The van der Waals surface area contributed by atoms with Gasteiger partial charge in [0.2, 0.25) is 10.0 Å². The highest BCUT2D eigenvalue weighted by molar-refractivity contribution is 7.89. The molecule has 0 bridgehead atoms. The molecule has 29 heavy (non-hydrogen) atoms. The molecule has 0 saturated carbocycles. The summed E-state index contributed by atoms with van der Waals surface area (Å²) in [5.74, 6) is 0.0459. The van der Waals surface area contributed by atoms with E-state index in [0.717, 1.165) is 26.1 Å². The van der Waals surface area contributed by atoms with Crippen LogP contribution in [-0.2, 0) is 16.4 Å². The molecule has 1 heterocycles. The molecule has 1 amide bonds. The summed E-state index contributed by atoms with van der Waals surface area (Å²) >= 11 is 0. The van der Waals surface area contributed by atoms with Gasteiger partial charge in [0.25, 0.3) is 5.91 Å². The van der Waals surface area contributed by atoms with Crippen molar-refractivity contribution in [3.05, 3.63) is 59.7 Å². The molecule has 1 aliphatic heterocycles. The van der Waals surface area contributed by atoms with Crippen molar-refractivity contribution in [3.8, 4) is 5.75 Å². The molecule has 0 atom stereocenters. The topological polar surface area (TPSA) is 79.0 Å². The number of ether oxygens (including phenoxy) is 1. The van der Waals surface area contributed by atoms with E-state index >= 15 is 0 Å². The summed E-state index contributed by atoms with van der Waals surface area (Å²) in [6.45, 7) is 3.80. The quantitative estimate of drug-likeness (QED) is 0.740. The monoisotopic (exact) mass is 417 g/mol. The maximum absolute atomic E-state index is 12.9. The summed E-state index contributed by atoms with van der Waals surface area (Å²) in [6, 6.07) is 14.9. The lowest BCUT2D eigenvalue weighted by molar-refractivity contribution is 0.0638. The number of hydrogen-bond donors (Lipinski definition) is 1. The Labute approximate surface area is 172 Å². The van der Waals surface area contributed by atoms with E-state index in [9.17, 15) is 13.2 Å². The fraction of sp³-hybridized carbons (Fsp3) is 0.381. The van der Waals surface area contributed by atoms with Gasteiger partial charge in [0, 0.05) is 38.3 Å². The van der Waals surface area contributed by atoms with Crippen molar-refractivity contribution in [2.24, 2.45) is 0 Å². The first-order valence-electron chi connectivity index (χ1n) is 9.62. The largest absolute Gasteiger partial charge is 0.495 e. The van der Waals surface area contributed by atoms with E-state index in [1.165, 1.54) is 31.9 Å². The number of nitrogens with one attached hydrogen (secondary N) is 1. The van der Waals surface area contributed by atoms with Gasteiger partial charge in [0.05, 0.1) is 7.11 Å². The SMILES string of the molecule is CNS(=O)(=O)c1cc(C(=O)N2CCN(CCc3ccccc3)CC2)ccc1OC. The minimum atomic E-state index is -3.72. The van der Waals surface area contributed by atoms with Crippen molar-refractivity contribution in [3.63, 3.8) is 0 Å². The van der Waals surface area contributed by atoms with E-state index in [2.05, 4.69) is 21.8 Å². The van der Waals surface area contributed by atoms with Crippen LogP contribution < -0.4 is 9.46 Å². The number of carbonyl (C=O) groups excluding carboxylic acids is 1. The Morgan fingerprint density at radius 3 is 2.38 bits per heavy atom. The van der Waals surface area contributed by atoms with Gasteiger partial charge in [-0.1, -0.05) is 30.3 Å². The minimum Gasteiger partial charge on any atom is -0.495 e. The fourth-order valence-corrected chi connectivity index (χ4v) is 4.34. The summed E-state index contributed by atoms with van der Waals surface area (Å²) in [5, 5.41) is 0. The summed E-state index contributed by atoms with van der Waals surface area (Å²) in [4.78, 5) is 17.0. The van der Waals surface area contributed by atoms with Crippen LogP contribution in [0.4, 0.5) is 0 Å². The maximum atomic E-state index is 12.9. The molecule has 8 heteroatoms. The third kappa shape index (κ3) is 5.14. The highest BCUT2D eigenvalue weighted by atomic mass is 32.2. The standard InChI is InChI=1S/C21H27N3O4S/c1-22-29(26,27)20-16-18(8-9-19(20)28-2)21(25)24-14-12-23(13-15-24)11-10-17-6-4-3-5-7-17/h3-9,16,22H,10-15H2,1-2H3. The van der Waals surface area contributed by atoms with Crippen LogP contribution in [0, 0.1) is 0 Å². The number of benzene rings is 2. The molecule has 0 radical (unpaired) electrons. The summed E-state index contributed by atoms with van der Waals surface area (Å²) in [7, 11) is -0.990. The van der Waals surface area contributed by atoms with Crippen LogP contribution >= 0.6 is 0 Å². The molecule has 1 fully saturated rings. The summed E-state index contributed by atoms with van der Waals surface area (Å²) in [5.41, 5.74) is 1.65. The van der Waals surface area contributed by atoms with E-state index < -0.39 is 10.0 Å². The molecule has 0 spiro atoms. The normalized spacial score (nSPS) is 15.3. The minimum absolute atomic E-state index is 0.0325. The second-order valence-corrected chi connectivity index (χ2v) is 8.80. The Kier molecular flexibility index (Phi) is 6.89. The van der Waals surface area contributed by atoms with E-state index in [4.69, 9.17) is 4.74 Å². The van der Waals surface area contributed by atoms with Crippen molar-refractivity contribution in [2.75, 3.05) is 46.9 Å². The zero-order valence-corrected chi connectivity index (χ0v) is 17.6. The molecule has 0 unspecified atom stereocenters. The van der Waals surface area contributed by atoms with Gasteiger partial charge in [-0.25, -0.2) is 13.1 Å². The number of rotatable bonds is 7. The summed E-state index contributed by atoms with van der Waals surface area (Å²) < 4.78 is 31.9. The maximum Gasteiger partial charge on any atom is 0.253 e. The Bertz CT molecular complexity index is 940. The van der Waals surface area contributed by atoms with Crippen LogP contribution in [0.25, 0.3) is 0 Å². The van der Waals surface area contributed by atoms with Gasteiger partial charge in [-0.3, -0.25) is 9.69 Å². The van der Waals surface area contributed by atoms with Crippen LogP contribution in [0.1, 0.15) is 15.9 Å². The fourth-order valence-electron chi connectivity index (χ4n) is 3.42. The predicted octanol–water partition coefficient (Wildman–Crippen LogP) is 1.60. The Morgan fingerprint density at radius 2 is 1.76 bits per heavy atom. The van der Waals surface area contributed by atoms with Crippen LogP contribution in [0.2, 0.25) is 0 Å². The third-order valence-electron chi connectivity index (χ3n) is 5.19. The van der Waals surface area contributed by atoms with E-state index in [-0.39, 0.29) is 16.6 Å². The Balaban J connectivity index is 1.62. The zero-order valence-electron chi connectivity index (χ0n) is 16.8. The first-order valence-corrected chi connectivity index (χ1v) is 11.1. The molecule has 0 aromatic heterocycles. The number of carbonyl (C=O) groups is 1. The Morgan fingerprint density at radius 1 is 1.07 bits per heavy atom. The zero-order chi connectivity index (χ0) is 20.9. The predicted molar refractivity (Wildman–Crippen MR) is 112 cm³/mol. The first kappa shape index (κ1) is 21.3. The van der Waals surface area contributed by atoms with E-state index in [1.54, 1.807) is 11.0 Å². The third-order valence-corrected chi connectivity index (χ3v) is 6.62. The van der Waals surface area contributed by atoms with Crippen molar-refractivity contribution < 1.29 is 17.9 Å². The lowest BCUT2D eigenvalue weighted by Gasteiger charge is -2.34. The molecule has 2 aromatic rings. The number of sulfonamides is 1. The highest BCUT2D eigenvalue weighted by Crippen LogP contribution is 2.25. The lowest BCUT2D eigenvalue weighted by Crippen LogP contribution is -2.49. The molecular formula is C21H27N3O4S. The van der Waals surface area contributed by atoms with Crippen LogP contribution in [0.5, 0.6) is 5.75 Å². The van der Waals surface area contributed by atoms with Gasteiger partial charge in [0.1, 0.15) is 10.6 Å². The molecule has 1 saturated heterocycles. The lowest BCUT2D eigenvalue weighted by atomic mass is 10.1. The van der Waals surface area contributed by atoms with Gasteiger partial charge in [-0.2, -0.15) is 0 Å². The summed E-state index contributed by atoms with van der Waals surface area (Å²) in [6.07, 6.45) is 0.985. The van der Waals surface area contributed by atoms with Crippen molar-refractivity contribution in [1.82, 2.24) is 14.5 Å². The van der Waals surface area contributed by atoms with Crippen molar-refractivity contribution in [1.29, 1.82) is 0 Å². The van der Waals surface area contributed by atoms with Gasteiger partial charge in [-0.05, 0) is 37.2 Å². The number of amides is 1. The molecule has 7 nitrogen and oxygen atoms in total. The molecule has 3 rings (SSSR count). The number of piperazine rings is 1. The number of nitrogens with zero attached hydrogens (tertiary/aromatic N) is 2. The van der Waals surface area contributed by atoms with Gasteiger partial charge in [-0.15, -0.1) is 0 Å². The van der Waals surface area contributed by atoms with Gasteiger partial charge < -0.3 is 9.64 Å². The smallest absolute Gasteiger partial charge is 0.253 e. The number of hydrogen-bond acceptors (Lipinski definition) is 5. The molecule has 1 aliphatic rings. The molecule has 0 aliphatic carbocycles. The average molecular weight is 418 g/mol. The first-order chi connectivity index (χ1) is 13.9. The molecule has 2 aromatic carbocycles. The van der Waals surface area contributed by atoms with E-state index in [1.807, 2.05) is 18.2 Å². The van der Waals surface area contributed by atoms with Gasteiger partial charge in [0.15, 0.2) is 0 Å². The van der Waals surface area contributed by atoms with Gasteiger partial charge >= 0.3 is 0 Å². The van der Waals surface area contributed by atoms with E-state index in [0.29, 0.717) is 18.7 Å².